The van der Waals surface area contributed by atoms with Crippen LogP contribution in [-0.4, -0.2) is 30.3 Å². The summed E-state index contributed by atoms with van der Waals surface area (Å²) in [6.07, 6.45) is 3.32. The lowest BCUT2D eigenvalue weighted by Crippen LogP contribution is -2.45. The molecular formula is C21H18FN3O3S. The van der Waals surface area contributed by atoms with Crippen molar-refractivity contribution in [2.45, 2.75) is 17.9 Å². The van der Waals surface area contributed by atoms with Crippen LogP contribution in [0.3, 0.4) is 0 Å². The van der Waals surface area contributed by atoms with Gasteiger partial charge in [0, 0.05) is 24.6 Å². The van der Waals surface area contributed by atoms with Crippen molar-refractivity contribution in [2.75, 3.05) is 11.4 Å². The maximum Gasteiger partial charge on any atom is 0.338 e. The minimum absolute atomic E-state index is 0.0806. The van der Waals surface area contributed by atoms with Crippen LogP contribution in [0.5, 0.6) is 0 Å². The van der Waals surface area contributed by atoms with Crippen LogP contribution >= 0.6 is 0 Å². The summed E-state index contributed by atoms with van der Waals surface area (Å²) in [5, 5.41) is 0. The van der Waals surface area contributed by atoms with Gasteiger partial charge >= 0.3 is 6.03 Å². The number of carbonyl (C=O) groups is 1. The number of fused-ring (bicyclic) bond motifs is 1. The predicted molar refractivity (Wildman–Crippen MR) is 106 cm³/mol. The van der Waals surface area contributed by atoms with Gasteiger partial charge in [0.05, 0.1) is 6.54 Å². The Morgan fingerprint density at radius 1 is 1.07 bits per heavy atom. The number of carbonyl (C=O) groups excluding carboxylic acids is 1. The van der Waals surface area contributed by atoms with Gasteiger partial charge < -0.3 is 0 Å². The number of hydrogen-bond donors (Lipinski definition) is 0. The summed E-state index contributed by atoms with van der Waals surface area (Å²) < 4.78 is 40.7. The summed E-state index contributed by atoms with van der Waals surface area (Å²) in [5.41, 5.74) is 2.18. The van der Waals surface area contributed by atoms with Crippen LogP contribution in [0.4, 0.5) is 14.9 Å². The smallest absolute Gasteiger partial charge is 0.293 e. The van der Waals surface area contributed by atoms with E-state index in [1.807, 2.05) is 18.2 Å². The van der Waals surface area contributed by atoms with E-state index in [0.717, 1.165) is 9.87 Å². The zero-order chi connectivity index (χ0) is 20.4. The molecule has 29 heavy (non-hydrogen) atoms. The first-order chi connectivity index (χ1) is 14.0. The van der Waals surface area contributed by atoms with E-state index in [-0.39, 0.29) is 11.4 Å². The SMILES string of the molecule is O=C(N1CCc2ccccc21)N(Cc1ccc(F)cc1)S(=O)(=O)c1cccnc1. The Kier molecular flexibility index (Phi) is 5.02. The van der Waals surface area contributed by atoms with Gasteiger partial charge in [-0.2, -0.15) is 0 Å². The fraction of sp³-hybridized carbons (Fsp3) is 0.143. The largest absolute Gasteiger partial charge is 0.338 e. The Balaban J connectivity index is 1.74. The molecule has 0 aliphatic carbocycles. The van der Waals surface area contributed by atoms with Crippen molar-refractivity contribution < 1.29 is 17.6 Å². The van der Waals surface area contributed by atoms with Crippen LogP contribution in [0.25, 0.3) is 0 Å². The molecule has 6 nitrogen and oxygen atoms in total. The number of sulfonamides is 1. The molecule has 2 aromatic carbocycles. The number of pyridine rings is 1. The highest BCUT2D eigenvalue weighted by atomic mass is 32.2. The zero-order valence-electron chi connectivity index (χ0n) is 15.4. The Labute approximate surface area is 168 Å². The Bertz CT molecular complexity index is 1140. The van der Waals surface area contributed by atoms with Gasteiger partial charge in [0.25, 0.3) is 10.0 Å². The van der Waals surface area contributed by atoms with E-state index in [9.17, 15) is 17.6 Å². The maximum absolute atomic E-state index is 13.4. The van der Waals surface area contributed by atoms with Crippen LogP contribution in [0, 0.1) is 5.82 Å². The molecule has 1 aromatic heterocycles. The van der Waals surface area contributed by atoms with Gasteiger partial charge in [-0.15, -0.1) is 0 Å². The minimum Gasteiger partial charge on any atom is -0.293 e. The number of benzene rings is 2. The van der Waals surface area contributed by atoms with Crippen molar-refractivity contribution in [1.29, 1.82) is 0 Å². The molecule has 4 rings (SSSR count). The molecule has 2 amide bonds. The first-order valence-corrected chi connectivity index (χ1v) is 10.5. The number of para-hydroxylation sites is 1. The van der Waals surface area contributed by atoms with Crippen LogP contribution in [0.15, 0.2) is 78.0 Å². The summed E-state index contributed by atoms with van der Waals surface area (Å²) in [4.78, 5) is 18.6. The molecule has 0 unspecified atom stereocenters. The first-order valence-electron chi connectivity index (χ1n) is 9.03. The summed E-state index contributed by atoms with van der Waals surface area (Å²) in [5.74, 6) is -0.435. The van der Waals surface area contributed by atoms with Crippen LogP contribution in [0.2, 0.25) is 0 Å². The van der Waals surface area contributed by atoms with Crippen LogP contribution in [-0.2, 0) is 23.0 Å². The summed E-state index contributed by atoms with van der Waals surface area (Å²) in [6.45, 7) is 0.176. The lowest BCUT2D eigenvalue weighted by Gasteiger charge is -2.28. The van der Waals surface area contributed by atoms with Crippen molar-refractivity contribution in [1.82, 2.24) is 9.29 Å². The standard InChI is InChI=1S/C21H18FN3O3S/c22-18-9-7-16(8-10-18)15-25(29(27,28)19-5-3-12-23-14-19)21(26)24-13-11-17-4-1-2-6-20(17)24/h1-10,12,14H,11,13,15H2. The van der Waals surface area contributed by atoms with Crippen molar-refractivity contribution >= 4 is 21.7 Å². The maximum atomic E-state index is 13.4. The van der Waals surface area contributed by atoms with Gasteiger partial charge in [-0.3, -0.25) is 9.88 Å². The highest BCUT2D eigenvalue weighted by Crippen LogP contribution is 2.30. The fourth-order valence-electron chi connectivity index (χ4n) is 3.31. The Hall–Kier alpha value is -3.26. The number of halogens is 1. The topological polar surface area (TPSA) is 70.6 Å². The highest BCUT2D eigenvalue weighted by Gasteiger charge is 2.36. The van der Waals surface area contributed by atoms with E-state index in [1.165, 1.54) is 53.7 Å². The second-order valence-corrected chi connectivity index (χ2v) is 8.50. The fourth-order valence-corrected chi connectivity index (χ4v) is 4.63. The molecule has 0 bridgehead atoms. The number of rotatable bonds is 4. The van der Waals surface area contributed by atoms with Gasteiger partial charge in [-0.05, 0) is 47.9 Å². The normalized spacial score (nSPS) is 13.2. The van der Waals surface area contributed by atoms with Gasteiger partial charge in [0.1, 0.15) is 10.7 Å². The molecule has 0 radical (unpaired) electrons. The molecule has 0 fully saturated rings. The molecule has 0 N–H and O–H groups in total. The third kappa shape index (κ3) is 3.71. The molecule has 8 heteroatoms. The van der Waals surface area contributed by atoms with Crippen molar-refractivity contribution in [3.63, 3.8) is 0 Å². The molecule has 0 atom stereocenters. The summed E-state index contributed by atoms with van der Waals surface area (Å²) >= 11 is 0. The van der Waals surface area contributed by atoms with E-state index >= 15 is 0 Å². The lowest BCUT2D eigenvalue weighted by atomic mass is 10.2. The highest BCUT2D eigenvalue weighted by molar-refractivity contribution is 7.89. The lowest BCUT2D eigenvalue weighted by molar-refractivity contribution is 0.228. The number of hydrogen-bond acceptors (Lipinski definition) is 4. The summed E-state index contributed by atoms with van der Waals surface area (Å²) in [7, 11) is -4.16. The molecule has 1 aliphatic rings. The molecule has 1 aliphatic heterocycles. The van der Waals surface area contributed by atoms with E-state index in [4.69, 9.17) is 0 Å². The molecule has 148 valence electrons. The number of anilines is 1. The number of urea groups is 1. The van der Waals surface area contributed by atoms with Gasteiger partial charge in [-0.1, -0.05) is 30.3 Å². The van der Waals surface area contributed by atoms with Crippen molar-refractivity contribution in [2.24, 2.45) is 0 Å². The summed E-state index contributed by atoms with van der Waals surface area (Å²) in [6, 6.07) is 15.1. The monoisotopic (exact) mass is 411 g/mol. The second-order valence-electron chi connectivity index (χ2n) is 6.64. The van der Waals surface area contributed by atoms with E-state index < -0.39 is 21.9 Å². The van der Waals surface area contributed by atoms with Gasteiger partial charge in [0.2, 0.25) is 0 Å². The average Bonchev–Trinajstić information content (AvgIpc) is 3.17. The van der Waals surface area contributed by atoms with Gasteiger partial charge in [0.15, 0.2) is 0 Å². The van der Waals surface area contributed by atoms with Gasteiger partial charge in [-0.25, -0.2) is 21.9 Å². The first kappa shape index (κ1) is 19.1. The van der Waals surface area contributed by atoms with E-state index in [1.54, 1.807) is 6.07 Å². The molecule has 3 aromatic rings. The third-order valence-electron chi connectivity index (χ3n) is 4.79. The molecule has 0 spiro atoms. The zero-order valence-corrected chi connectivity index (χ0v) is 16.2. The number of aromatic nitrogens is 1. The van der Waals surface area contributed by atoms with Crippen LogP contribution < -0.4 is 4.90 Å². The molecule has 2 heterocycles. The van der Waals surface area contributed by atoms with Crippen LogP contribution in [0.1, 0.15) is 11.1 Å². The van der Waals surface area contributed by atoms with Crippen molar-refractivity contribution in [3.05, 3.63) is 90.0 Å². The minimum atomic E-state index is -4.16. The Morgan fingerprint density at radius 3 is 2.55 bits per heavy atom. The number of amides is 2. The molecule has 0 saturated carbocycles. The van der Waals surface area contributed by atoms with Crippen molar-refractivity contribution in [3.8, 4) is 0 Å². The average molecular weight is 411 g/mol. The van der Waals surface area contributed by atoms with E-state index in [0.29, 0.717) is 24.2 Å². The quantitative estimate of drug-likeness (QED) is 0.658. The molecule has 0 saturated heterocycles. The third-order valence-corrected chi connectivity index (χ3v) is 6.50. The Morgan fingerprint density at radius 2 is 1.83 bits per heavy atom. The predicted octanol–water partition coefficient (Wildman–Crippen LogP) is 3.59. The van der Waals surface area contributed by atoms with E-state index in [2.05, 4.69) is 4.98 Å². The molecular weight excluding hydrogens is 393 g/mol. The number of nitrogens with zero attached hydrogens (tertiary/aromatic N) is 3. The second kappa shape index (κ2) is 7.63.